The number of nitrogens with zero attached hydrogens (tertiary/aromatic N) is 3. The van der Waals surface area contributed by atoms with Crippen LogP contribution < -0.4 is 5.32 Å². The van der Waals surface area contributed by atoms with E-state index in [-0.39, 0.29) is 18.0 Å². The smallest absolute Gasteiger partial charge is 0.333 e. The summed E-state index contributed by atoms with van der Waals surface area (Å²) < 4.78 is 1.39. The minimum Gasteiger partial charge on any atom is -0.481 e. The van der Waals surface area contributed by atoms with Gasteiger partial charge in [0, 0.05) is 20.0 Å². The number of hydrogen-bond donors (Lipinski definition) is 2. The molecular formula is C10H16N4O4. The van der Waals surface area contributed by atoms with Crippen molar-refractivity contribution in [3.8, 4) is 0 Å². The molecule has 0 saturated carbocycles. The average Bonchev–Trinajstić information content (AvgIpc) is 2.49. The highest BCUT2D eigenvalue weighted by atomic mass is 16.6. The number of aliphatic carboxylic acids is 1. The van der Waals surface area contributed by atoms with Crippen molar-refractivity contribution in [3.63, 3.8) is 0 Å². The summed E-state index contributed by atoms with van der Waals surface area (Å²) in [5, 5.41) is 26.4. The molecule has 1 rings (SSSR count). The maximum atomic E-state index is 10.9. The zero-order valence-corrected chi connectivity index (χ0v) is 10.5. The molecule has 0 saturated heterocycles. The van der Waals surface area contributed by atoms with Crippen molar-refractivity contribution in [2.45, 2.75) is 20.3 Å². The van der Waals surface area contributed by atoms with Crippen LogP contribution in [-0.4, -0.2) is 32.3 Å². The van der Waals surface area contributed by atoms with Crippen molar-refractivity contribution in [3.05, 3.63) is 15.8 Å². The number of anilines is 1. The Morgan fingerprint density at radius 2 is 2.28 bits per heavy atom. The molecular weight excluding hydrogens is 240 g/mol. The second kappa shape index (κ2) is 5.48. The number of carboxylic acids is 1. The standard InChI is InChI=1S/C10H16N4O4/c1-6(4-8(15)16)5-11-10-9(14(17)18)7(2)12-13(10)3/h6,11H,4-5H2,1-3H3,(H,15,16). The highest BCUT2D eigenvalue weighted by Crippen LogP contribution is 2.27. The normalized spacial score (nSPS) is 12.2. The number of nitro groups is 1. The second-order valence-electron chi connectivity index (χ2n) is 4.25. The number of rotatable bonds is 6. The SMILES string of the molecule is Cc1nn(C)c(NCC(C)CC(=O)O)c1[N+](=O)[O-]. The summed E-state index contributed by atoms with van der Waals surface area (Å²) >= 11 is 0. The molecule has 0 spiro atoms. The van der Waals surface area contributed by atoms with E-state index in [1.165, 1.54) is 4.68 Å². The first-order valence-electron chi connectivity index (χ1n) is 5.46. The van der Waals surface area contributed by atoms with Gasteiger partial charge in [-0.3, -0.25) is 14.9 Å². The van der Waals surface area contributed by atoms with Crippen LogP contribution in [0.2, 0.25) is 0 Å². The predicted molar refractivity (Wildman–Crippen MR) is 64.5 cm³/mol. The summed E-state index contributed by atoms with van der Waals surface area (Å²) in [4.78, 5) is 20.9. The van der Waals surface area contributed by atoms with Crippen LogP contribution in [0.4, 0.5) is 11.5 Å². The molecule has 8 heteroatoms. The van der Waals surface area contributed by atoms with Gasteiger partial charge in [0.15, 0.2) is 0 Å². The molecule has 1 heterocycles. The van der Waals surface area contributed by atoms with Gasteiger partial charge in [0.2, 0.25) is 5.82 Å². The number of nitrogens with one attached hydrogen (secondary N) is 1. The highest BCUT2D eigenvalue weighted by molar-refractivity contribution is 5.67. The number of hydrogen-bond acceptors (Lipinski definition) is 5. The molecule has 0 aliphatic rings. The molecule has 0 amide bonds. The van der Waals surface area contributed by atoms with Crippen molar-refractivity contribution in [2.75, 3.05) is 11.9 Å². The van der Waals surface area contributed by atoms with Crippen LogP contribution in [0.15, 0.2) is 0 Å². The van der Waals surface area contributed by atoms with Gasteiger partial charge < -0.3 is 10.4 Å². The minimum absolute atomic E-state index is 0.0115. The molecule has 0 aliphatic heterocycles. The van der Waals surface area contributed by atoms with Gasteiger partial charge in [-0.25, -0.2) is 4.68 Å². The van der Waals surface area contributed by atoms with E-state index in [4.69, 9.17) is 5.11 Å². The number of carbonyl (C=O) groups is 1. The number of aryl methyl sites for hydroxylation is 2. The molecule has 0 bridgehead atoms. The van der Waals surface area contributed by atoms with Gasteiger partial charge in [0.25, 0.3) is 0 Å². The van der Waals surface area contributed by atoms with Crippen molar-refractivity contribution >= 4 is 17.5 Å². The second-order valence-corrected chi connectivity index (χ2v) is 4.25. The Bertz CT molecular complexity index is 469. The van der Waals surface area contributed by atoms with Crippen LogP contribution in [-0.2, 0) is 11.8 Å². The van der Waals surface area contributed by atoms with Gasteiger partial charge in [0.1, 0.15) is 5.69 Å². The molecule has 1 aromatic rings. The van der Waals surface area contributed by atoms with E-state index in [1.54, 1.807) is 20.9 Å². The quantitative estimate of drug-likeness (QED) is 0.583. The van der Waals surface area contributed by atoms with Gasteiger partial charge >= 0.3 is 11.7 Å². The lowest BCUT2D eigenvalue weighted by Crippen LogP contribution is -2.17. The van der Waals surface area contributed by atoms with Gasteiger partial charge in [-0.15, -0.1) is 0 Å². The number of aromatic nitrogens is 2. The molecule has 1 unspecified atom stereocenters. The fourth-order valence-electron chi connectivity index (χ4n) is 1.70. The van der Waals surface area contributed by atoms with E-state index in [9.17, 15) is 14.9 Å². The molecule has 0 aliphatic carbocycles. The largest absolute Gasteiger partial charge is 0.481 e. The van der Waals surface area contributed by atoms with Gasteiger partial charge in [-0.2, -0.15) is 5.10 Å². The maximum absolute atomic E-state index is 10.9. The lowest BCUT2D eigenvalue weighted by Gasteiger charge is -2.10. The Hall–Kier alpha value is -2.12. The van der Waals surface area contributed by atoms with Gasteiger partial charge in [-0.1, -0.05) is 6.92 Å². The van der Waals surface area contributed by atoms with Crippen LogP contribution in [0.5, 0.6) is 0 Å². The van der Waals surface area contributed by atoms with E-state index in [1.807, 2.05) is 0 Å². The topological polar surface area (TPSA) is 110 Å². The molecule has 100 valence electrons. The zero-order chi connectivity index (χ0) is 13.9. The van der Waals surface area contributed by atoms with E-state index in [0.717, 1.165) is 0 Å². The third kappa shape index (κ3) is 3.19. The molecule has 0 aromatic carbocycles. The van der Waals surface area contributed by atoms with Crippen LogP contribution >= 0.6 is 0 Å². The molecule has 0 radical (unpaired) electrons. The zero-order valence-electron chi connectivity index (χ0n) is 10.5. The summed E-state index contributed by atoms with van der Waals surface area (Å²) in [6.45, 7) is 3.66. The van der Waals surface area contributed by atoms with E-state index >= 15 is 0 Å². The van der Waals surface area contributed by atoms with Crippen molar-refractivity contribution in [1.29, 1.82) is 0 Å². The lowest BCUT2D eigenvalue weighted by atomic mass is 10.1. The molecule has 0 fully saturated rings. The fourth-order valence-corrected chi connectivity index (χ4v) is 1.70. The maximum Gasteiger partial charge on any atom is 0.333 e. The summed E-state index contributed by atoms with van der Waals surface area (Å²) in [5.74, 6) is -0.716. The van der Waals surface area contributed by atoms with Crippen LogP contribution in [0.1, 0.15) is 19.0 Å². The van der Waals surface area contributed by atoms with Crippen molar-refractivity contribution in [2.24, 2.45) is 13.0 Å². The molecule has 2 N–H and O–H groups in total. The minimum atomic E-state index is -0.889. The predicted octanol–water partition coefficient (Wildman–Crippen LogP) is 1.16. The van der Waals surface area contributed by atoms with Crippen LogP contribution in [0.25, 0.3) is 0 Å². The van der Waals surface area contributed by atoms with E-state index in [0.29, 0.717) is 18.1 Å². The number of carboxylic acid groups (broad SMARTS) is 1. The van der Waals surface area contributed by atoms with Gasteiger partial charge in [0.05, 0.1) is 4.92 Å². The summed E-state index contributed by atoms with van der Waals surface area (Å²) in [5.41, 5.74) is 0.260. The highest BCUT2D eigenvalue weighted by Gasteiger charge is 2.24. The Morgan fingerprint density at radius 1 is 1.67 bits per heavy atom. The van der Waals surface area contributed by atoms with Crippen molar-refractivity contribution < 1.29 is 14.8 Å². The molecule has 1 atom stereocenters. The lowest BCUT2D eigenvalue weighted by molar-refractivity contribution is -0.384. The Kier molecular flexibility index (Phi) is 4.24. The first-order chi connectivity index (χ1) is 8.32. The van der Waals surface area contributed by atoms with Gasteiger partial charge in [-0.05, 0) is 12.8 Å². The average molecular weight is 256 g/mol. The Balaban J connectivity index is 2.78. The summed E-state index contributed by atoms with van der Waals surface area (Å²) in [7, 11) is 1.60. The third-order valence-corrected chi connectivity index (χ3v) is 2.51. The first kappa shape index (κ1) is 13.9. The summed E-state index contributed by atoms with van der Waals surface area (Å²) in [6.07, 6.45) is 0.0115. The monoisotopic (exact) mass is 256 g/mol. The first-order valence-corrected chi connectivity index (χ1v) is 5.46. The molecule has 8 nitrogen and oxygen atoms in total. The van der Waals surface area contributed by atoms with Crippen LogP contribution in [0.3, 0.4) is 0 Å². The van der Waals surface area contributed by atoms with Crippen LogP contribution in [0, 0.1) is 23.0 Å². The van der Waals surface area contributed by atoms with E-state index in [2.05, 4.69) is 10.4 Å². The fraction of sp³-hybridized carbons (Fsp3) is 0.600. The van der Waals surface area contributed by atoms with Crippen molar-refractivity contribution in [1.82, 2.24) is 9.78 Å². The third-order valence-electron chi connectivity index (χ3n) is 2.51. The van der Waals surface area contributed by atoms with E-state index < -0.39 is 10.9 Å². The Morgan fingerprint density at radius 3 is 2.78 bits per heavy atom. The Labute approximate surface area is 104 Å². The molecule has 18 heavy (non-hydrogen) atoms. The molecule has 1 aromatic heterocycles. The summed E-state index contributed by atoms with van der Waals surface area (Å²) in [6, 6.07) is 0.